The summed E-state index contributed by atoms with van der Waals surface area (Å²) in [6.07, 6.45) is 0.891. The van der Waals surface area contributed by atoms with Crippen LogP contribution in [0.2, 0.25) is 5.02 Å². The lowest BCUT2D eigenvalue weighted by atomic mass is 9.91. The molecule has 0 bridgehead atoms. The van der Waals surface area contributed by atoms with Crippen molar-refractivity contribution in [3.05, 3.63) is 34.6 Å². The van der Waals surface area contributed by atoms with Crippen LogP contribution in [0.4, 0.5) is 4.39 Å². The molecule has 0 N–H and O–H groups in total. The summed E-state index contributed by atoms with van der Waals surface area (Å²) in [5.74, 6) is 0.849. The first-order valence-electron chi connectivity index (χ1n) is 5.04. The minimum atomic E-state index is -0.274. The van der Waals surface area contributed by atoms with E-state index in [1.807, 2.05) is 0 Å². The molecular weight excluding hydrogens is 278 g/mol. The average molecular weight is 294 g/mol. The molecule has 0 spiro atoms. The van der Waals surface area contributed by atoms with E-state index in [9.17, 15) is 4.39 Å². The predicted octanol–water partition coefficient (Wildman–Crippen LogP) is 4.69. The van der Waals surface area contributed by atoms with Crippen LogP contribution < -0.4 is 0 Å². The first-order chi connectivity index (χ1) is 7.04. The highest BCUT2D eigenvalue weighted by Gasteiger charge is 2.14. The molecule has 1 unspecified atom stereocenters. The zero-order valence-corrected chi connectivity index (χ0v) is 11.3. The molecule has 0 radical (unpaired) electrons. The second-order valence-corrected chi connectivity index (χ2v) is 5.15. The molecule has 0 aliphatic rings. The summed E-state index contributed by atoms with van der Waals surface area (Å²) >= 11 is 9.48. The molecule has 0 fully saturated rings. The van der Waals surface area contributed by atoms with Crippen LogP contribution in [-0.2, 0) is 6.42 Å². The predicted molar refractivity (Wildman–Crippen MR) is 67.2 cm³/mol. The molecule has 3 heteroatoms. The van der Waals surface area contributed by atoms with Crippen LogP contribution in [0.15, 0.2) is 18.2 Å². The monoisotopic (exact) mass is 292 g/mol. The van der Waals surface area contributed by atoms with E-state index in [1.165, 1.54) is 12.1 Å². The molecule has 0 aromatic heterocycles. The summed E-state index contributed by atoms with van der Waals surface area (Å²) in [5, 5.41) is 1.47. The quantitative estimate of drug-likeness (QED) is 0.707. The van der Waals surface area contributed by atoms with Crippen molar-refractivity contribution in [1.82, 2.24) is 0 Å². The van der Waals surface area contributed by atoms with Gasteiger partial charge in [-0.3, -0.25) is 0 Å². The Kier molecular flexibility index (Phi) is 5.07. The third kappa shape index (κ3) is 3.76. The highest BCUT2D eigenvalue weighted by atomic mass is 79.9. The smallest absolute Gasteiger partial charge is 0.124 e. The Morgan fingerprint density at radius 3 is 2.53 bits per heavy atom. The molecule has 0 saturated heterocycles. The second-order valence-electron chi connectivity index (χ2n) is 4.10. The van der Waals surface area contributed by atoms with Gasteiger partial charge in [0.05, 0.1) is 0 Å². The van der Waals surface area contributed by atoms with Gasteiger partial charge in [-0.2, -0.15) is 0 Å². The van der Waals surface area contributed by atoms with Crippen molar-refractivity contribution in [1.29, 1.82) is 0 Å². The van der Waals surface area contributed by atoms with E-state index in [0.717, 1.165) is 17.3 Å². The Hall–Kier alpha value is -0.0800. The van der Waals surface area contributed by atoms with E-state index in [2.05, 4.69) is 29.8 Å². The molecule has 0 aliphatic heterocycles. The fourth-order valence-corrected chi connectivity index (χ4v) is 2.66. The first kappa shape index (κ1) is 13.0. The first-order valence-corrected chi connectivity index (χ1v) is 6.54. The zero-order chi connectivity index (χ0) is 11.4. The van der Waals surface area contributed by atoms with Crippen molar-refractivity contribution in [2.75, 3.05) is 5.33 Å². The highest BCUT2D eigenvalue weighted by Crippen LogP contribution is 2.24. The van der Waals surface area contributed by atoms with Gasteiger partial charge >= 0.3 is 0 Å². The van der Waals surface area contributed by atoms with E-state index in [-0.39, 0.29) is 5.82 Å². The van der Waals surface area contributed by atoms with E-state index in [4.69, 9.17) is 11.6 Å². The molecule has 0 aliphatic carbocycles. The number of halogens is 3. The summed E-state index contributed by atoms with van der Waals surface area (Å²) < 4.78 is 12.8. The van der Waals surface area contributed by atoms with E-state index in [0.29, 0.717) is 16.9 Å². The number of benzene rings is 1. The van der Waals surface area contributed by atoms with Gasteiger partial charge in [0.1, 0.15) is 5.82 Å². The molecule has 1 rings (SSSR count). The van der Waals surface area contributed by atoms with Crippen LogP contribution in [0, 0.1) is 17.7 Å². The normalized spacial score (nSPS) is 13.2. The molecule has 1 aromatic rings. The maximum Gasteiger partial charge on any atom is 0.124 e. The summed E-state index contributed by atoms with van der Waals surface area (Å²) in [6.45, 7) is 4.37. The Bertz CT molecular complexity index is 325. The summed E-state index contributed by atoms with van der Waals surface area (Å²) in [4.78, 5) is 0. The number of hydrogen-bond donors (Lipinski definition) is 0. The van der Waals surface area contributed by atoms with Gasteiger partial charge in [-0.15, -0.1) is 0 Å². The topological polar surface area (TPSA) is 0 Å². The van der Waals surface area contributed by atoms with Gasteiger partial charge in [-0.05, 0) is 36.0 Å². The van der Waals surface area contributed by atoms with Crippen molar-refractivity contribution < 1.29 is 4.39 Å². The molecule has 0 nitrogen and oxygen atoms in total. The summed E-state index contributed by atoms with van der Waals surface area (Å²) in [5.41, 5.74) is 1.02. The third-order valence-electron chi connectivity index (χ3n) is 2.64. The molecule has 84 valence electrons. The van der Waals surface area contributed by atoms with Crippen molar-refractivity contribution >= 4 is 27.5 Å². The largest absolute Gasteiger partial charge is 0.207 e. The van der Waals surface area contributed by atoms with E-state index in [1.54, 1.807) is 6.07 Å². The fourth-order valence-electron chi connectivity index (χ4n) is 1.44. The van der Waals surface area contributed by atoms with Crippen LogP contribution >= 0.6 is 27.5 Å². The van der Waals surface area contributed by atoms with Crippen LogP contribution in [0.1, 0.15) is 19.4 Å². The van der Waals surface area contributed by atoms with Crippen LogP contribution in [0.5, 0.6) is 0 Å². The Labute approximate surface area is 104 Å². The lowest BCUT2D eigenvalue weighted by Crippen LogP contribution is -2.13. The average Bonchev–Trinajstić information content (AvgIpc) is 2.16. The van der Waals surface area contributed by atoms with Crippen LogP contribution in [-0.4, -0.2) is 5.33 Å². The van der Waals surface area contributed by atoms with Crippen molar-refractivity contribution in [3.63, 3.8) is 0 Å². The Morgan fingerprint density at radius 1 is 1.40 bits per heavy atom. The molecule has 1 aromatic carbocycles. The lowest BCUT2D eigenvalue weighted by molar-refractivity contribution is 0.427. The molecule has 0 amide bonds. The molecule has 0 heterocycles. The highest BCUT2D eigenvalue weighted by molar-refractivity contribution is 9.09. The zero-order valence-electron chi connectivity index (χ0n) is 8.93. The SMILES string of the molecule is CC(C)C(CBr)Cc1ccc(F)cc1Cl. The fraction of sp³-hybridized carbons (Fsp3) is 0.500. The van der Waals surface area contributed by atoms with Gasteiger partial charge in [-0.1, -0.05) is 47.4 Å². The standard InChI is InChI=1S/C12H15BrClF/c1-8(2)10(7-13)5-9-3-4-11(15)6-12(9)14/h3-4,6,8,10H,5,7H2,1-2H3. The molecule has 0 saturated carbocycles. The van der Waals surface area contributed by atoms with Gasteiger partial charge in [0, 0.05) is 10.4 Å². The Morgan fingerprint density at radius 2 is 2.07 bits per heavy atom. The Balaban J connectivity index is 2.79. The van der Waals surface area contributed by atoms with Gasteiger partial charge in [-0.25, -0.2) is 4.39 Å². The number of alkyl halides is 1. The molecule has 1 atom stereocenters. The lowest BCUT2D eigenvalue weighted by Gasteiger charge is -2.18. The summed E-state index contributed by atoms with van der Waals surface area (Å²) in [6, 6.07) is 4.62. The van der Waals surface area contributed by atoms with Gasteiger partial charge < -0.3 is 0 Å². The third-order valence-corrected chi connectivity index (χ3v) is 3.82. The van der Waals surface area contributed by atoms with Gasteiger partial charge in [0.2, 0.25) is 0 Å². The maximum absolute atomic E-state index is 12.8. The van der Waals surface area contributed by atoms with Crippen molar-refractivity contribution in [3.8, 4) is 0 Å². The van der Waals surface area contributed by atoms with Crippen molar-refractivity contribution in [2.45, 2.75) is 20.3 Å². The minimum absolute atomic E-state index is 0.274. The van der Waals surface area contributed by atoms with Crippen LogP contribution in [0.3, 0.4) is 0 Å². The van der Waals surface area contributed by atoms with Gasteiger partial charge in [0.15, 0.2) is 0 Å². The van der Waals surface area contributed by atoms with E-state index < -0.39 is 0 Å². The molecule has 15 heavy (non-hydrogen) atoms. The number of hydrogen-bond acceptors (Lipinski definition) is 0. The van der Waals surface area contributed by atoms with Crippen molar-refractivity contribution in [2.24, 2.45) is 11.8 Å². The van der Waals surface area contributed by atoms with Gasteiger partial charge in [0.25, 0.3) is 0 Å². The van der Waals surface area contributed by atoms with E-state index >= 15 is 0 Å². The number of rotatable bonds is 4. The maximum atomic E-state index is 12.8. The summed E-state index contributed by atoms with van der Waals surface area (Å²) in [7, 11) is 0. The van der Waals surface area contributed by atoms with Crippen LogP contribution in [0.25, 0.3) is 0 Å². The minimum Gasteiger partial charge on any atom is -0.207 e. The molecular formula is C12H15BrClF. The second kappa shape index (κ2) is 5.86.